The van der Waals surface area contributed by atoms with Crippen LogP contribution in [0.5, 0.6) is 0 Å². The molecule has 1 aliphatic rings. The van der Waals surface area contributed by atoms with Gasteiger partial charge in [-0.1, -0.05) is 6.07 Å². The lowest BCUT2D eigenvalue weighted by atomic mass is 10.1. The lowest BCUT2D eigenvalue weighted by molar-refractivity contribution is 0.199. The van der Waals surface area contributed by atoms with Gasteiger partial charge in [-0.05, 0) is 37.9 Å². The summed E-state index contributed by atoms with van der Waals surface area (Å²) in [6.07, 6.45) is 4.25. The highest BCUT2D eigenvalue weighted by molar-refractivity contribution is 5.85. The molecular formula is C12H20ClN3. The van der Waals surface area contributed by atoms with Crippen LogP contribution in [0, 0.1) is 6.92 Å². The average Bonchev–Trinajstić information content (AvgIpc) is 2.22. The molecule has 1 saturated heterocycles. The largest absolute Gasteiger partial charge is 0.327 e. The summed E-state index contributed by atoms with van der Waals surface area (Å²) in [5.41, 5.74) is 8.42. The van der Waals surface area contributed by atoms with Crippen molar-refractivity contribution in [3.8, 4) is 0 Å². The van der Waals surface area contributed by atoms with Crippen LogP contribution in [0.4, 0.5) is 0 Å². The summed E-state index contributed by atoms with van der Waals surface area (Å²) in [6, 6.07) is 4.45. The van der Waals surface area contributed by atoms with Gasteiger partial charge in [0.1, 0.15) is 0 Å². The first-order valence-electron chi connectivity index (χ1n) is 5.64. The number of rotatable bonds is 2. The molecule has 90 valence electrons. The van der Waals surface area contributed by atoms with Crippen LogP contribution in [-0.2, 0) is 6.54 Å². The number of nitrogens with zero attached hydrogens (tertiary/aromatic N) is 2. The minimum atomic E-state index is 0. The van der Waals surface area contributed by atoms with Crippen LogP contribution < -0.4 is 5.73 Å². The molecule has 1 aliphatic heterocycles. The number of pyridine rings is 1. The number of likely N-dealkylation sites (tertiary alicyclic amines) is 1. The van der Waals surface area contributed by atoms with E-state index in [1.165, 1.54) is 17.7 Å². The lowest BCUT2D eigenvalue weighted by Crippen LogP contribution is -2.42. The molecule has 0 amide bonds. The molecule has 0 aromatic carbocycles. The predicted octanol–water partition coefficient (Wildman–Crippen LogP) is 1.73. The molecule has 0 unspecified atom stereocenters. The third kappa shape index (κ3) is 3.44. The zero-order chi connectivity index (χ0) is 10.7. The van der Waals surface area contributed by atoms with Gasteiger partial charge >= 0.3 is 0 Å². The molecule has 3 nitrogen and oxygen atoms in total. The van der Waals surface area contributed by atoms with Crippen molar-refractivity contribution in [1.29, 1.82) is 0 Å². The molecule has 2 rings (SSSR count). The molecule has 0 aliphatic carbocycles. The van der Waals surface area contributed by atoms with Crippen LogP contribution in [0.2, 0.25) is 0 Å². The summed E-state index contributed by atoms with van der Waals surface area (Å²) >= 11 is 0. The van der Waals surface area contributed by atoms with Crippen LogP contribution in [0.25, 0.3) is 0 Å². The van der Waals surface area contributed by atoms with Gasteiger partial charge in [-0.25, -0.2) is 0 Å². The average molecular weight is 242 g/mol. The summed E-state index contributed by atoms with van der Waals surface area (Å²) in [4.78, 5) is 6.82. The van der Waals surface area contributed by atoms with E-state index < -0.39 is 0 Å². The van der Waals surface area contributed by atoms with E-state index in [2.05, 4.69) is 22.9 Å². The summed E-state index contributed by atoms with van der Waals surface area (Å²) in [5, 5.41) is 0. The van der Waals surface area contributed by atoms with Crippen molar-refractivity contribution in [3.05, 3.63) is 29.6 Å². The summed E-state index contributed by atoms with van der Waals surface area (Å²) < 4.78 is 0. The van der Waals surface area contributed by atoms with Crippen LogP contribution >= 0.6 is 12.4 Å². The molecular weight excluding hydrogens is 222 g/mol. The Morgan fingerprint density at radius 1 is 1.56 bits per heavy atom. The van der Waals surface area contributed by atoms with E-state index in [1.54, 1.807) is 0 Å². The van der Waals surface area contributed by atoms with Gasteiger partial charge in [-0.2, -0.15) is 0 Å². The first kappa shape index (κ1) is 13.4. The van der Waals surface area contributed by atoms with Crippen molar-refractivity contribution in [3.63, 3.8) is 0 Å². The van der Waals surface area contributed by atoms with Gasteiger partial charge in [0.15, 0.2) is 0 Å². The van der Waals surface area contributed by atoms with Crippen LogP contribution in [0.3, 0.4) is 0 Å². The number of piperidine rings is 1. The third-order valence-electron chi connectivity index (χ3n) is 3.03. The summed E-state index contributed by atoms with van der Waals surface area (Å²) in [5.74, 6) is 0. The number of halogens is 1. The second kappa shape index (κ2) is 6.18. The van der Waals surface area contributed by atoms with E-state index in [0.717, 1.165) is 26.1 Å². The Bertz CT molecular complexity index is 330. The van der Waals surface area contributed by atoms with E-state index in [4.69, 9.17) is 5.73 Å². The van der Waals surface area contributed by atoms with E-state index in [9.17, 15) is 0 Å². The van der Waals surface area contributed by atoms with Crippen molar-refractivity contribution in [2.45, 2.75) is 32.4 Å². The maximum atomic E-state index is 5.95. The molecule has 0 radical (unpaired) electrons. The first-order valence-corrected chi connectivity index (χ1v) is 5.64. The van der Waals surface area contributed by atoms with Gasteiger partial charge in [0.2, 0.25) is 0 Å². The normalized spacial score (nSPS) is 21.5. The SMILES string of the molecule is Cc1cccnc1CN1CCC[C@@H](N)C1.Cl. The quantitative estimate of drug-likeness (QED) is 0.858. The molecule has 0 bridgehead atoms. The Balaban J connectivity index is 0.00000128. The summed E-state index contributed by atoms with van der Waals surface area (Å²) in [7, 11) is 0. The molecule has 1 atom stereocenters. The van der Waals surface area contributed by atoms with Crippen LogP contribution in [-0.4, -0.2) is 29.0 Å². The number of nitrogens with two attached hydrogens (primary N) is 1. The van der Waals surface area contributed by atoms with Gasteiger partial charge in [0.25, 0.3) is 0 Å². The minimum Gasteiger partial charge on any atom is -0.327 e. The maximum absolute atomic E-state index is 5.95. The van der Waals surface area contributed by atoms with E-state index in [0.29, 0.717) is 6.04 Å². The predicted molar refractivity (Wildman–Crippen MR) is 68.7 cm³/mol. The number of hydrogen-bond donors (Lipinski definition) is 1. The van der Waals surface area contributed by atoms with E-state index in [1.807, 2.05) is 12.3 Å². The number of hydrogen-bond acceptors (Lipinski definition) is 3. The van der Waals surface area contributed by atoms with E-state index >= 15 is 0 Å². The van der Waals surface area contributed by atoms with Gasteiger partial charge in [-0.15, -0.1) is 12.4 Å². The molecule has 2 N–H and O–H groups in total. The highest BCUT2D eigenvalue weighted by Crippen LogP contribution is 2.13. The standard InChI is InChI=1S/C12H19N3.ClH/c1-10-4-2-6-14-12(10)9-15-7-3-5-11(13)8-15;/h2,4,6,11H,3,5,7-9,13H2,1H3;1H/t11-;/m1./s1. The van der Waals surface area contributed by atoms with Crippen molar-refractivity contribution >= 4 is 12.4 Å². The Kier molecular flexibility index (Phi) is 5.19. The molecule has 4 heteroatoms. The number of aromatic nitrogens is 1. The Morgan fingerprint density at radius 2 is 2.38 bits per heavy atom. The lowest BCUT2D eigenvalue weighted by Gasteiger charge is -2.30. The first-order chi connectivity index (χ1) is 7.25. The maximum Gasteiger partial charge on any atom is 0.0573 e. The van der Waals surface area contributed by atoms with Crippen LogP contribution in [0.1, 0.15) is 24.1 Å². The topological polar surface area (TPSA) is 42.2 Å². The molecule has 0 spiro atoms. The zero-order valence-corrected chi connectivity index (χ0v) is 10.5. The smallest absolute Gasteiger partial charge is 0.0573 e. The Labute approximate surface area is 103 Å². The second-order valence-electron chi connectivity index (χ2n) is 4.40. The van der Waals surface area contributed by atoms with E-state index in [-0.39, 0.29) is 12.4 Å². The molecule has 0 saturated carbocycles. The fraction of sp³-hybridized carbons (Fsp3) is 0.583. The van der Waals surface area contributed by atoms with Gasteiger partial charge in [0.05, 0.1) is 5.69 Å². The van der Waals surface area contributed by atoms with Crippen molar-refractivity contribution in [1.82, 2.24) is 9.88 Å². The molecule has 1 aromatic heterocycles. The summed E-state index contributed by atoms with van der Waals surface area (Å²) in [6.45, 7) is 5.23. The Morgan fingerprint density at radius 3 is 3.06 bits per heavy atom. The zero-order valence-electron chi connectivity index (χ0n) is 9.72. The molecule has 1 aromatic rings. The third-order valence-corrected chi connectivity index (χ3v) is 3.03. The molecule has 16 heavy (non-hydrogen) atoms. The monoisotopic (exact) mass is 241 g/mol. The molecule has 1 fully saturated rings. The minimum absolute atomic E-state index is 0. The highest BCUT2D eigenvalue weighted by atomic mass is 35.5. The highest BCUT2D eigenvalue weighted by Gasteiger charge is 2.17. The van der Waals surface area contributed by atoms with Gasteiger partial charge in [-0.3, -0.25) is 9.88 Å². The van der Waals surface area contributed by atoms with Gasteiger partial charge < -0.3 is 5.73 Å². The van der Waals surface area contributed by atoms with Gasteiger partial charge in [0, 0.05) is 25.3 Å². The van der Waals surface area contributed by atoms with Crippen LogP contribution in [0.15, 0.2) is 18.3 Å². The fourth-order valence-corrected chi connectivity index (χ4v) is 2.13. The van der Waals surface area contributed by atoms with Crippen molar-refractivity contribution in [2.75, 3.05) is 13.1 Å². The second-order valence-corrected chi connectivity index (χ2v) is 4.40. The number of aryl methyl sites for hydroxylation is 1. The fourth-order valence-electron chi connectivity index (χ4n) is 2.13. The van der Waals surface area contributed by atoms with Crippen molar-refractivity contribution in [2.24, 2.45) is 5.73 Å². The van der Waals surface area contributed by atoms with Crippen molar-refractivity contribution < 1.29 is 0 Å². The Hall–Kier alpha value is -0.640. The molecule has 2 heterocycles.